The summed E-state index contributed by atoms with van der Waals surface area (Å²) >= 11 is 12.5. The topological polar surface area (TPSA) is 82.6 Å². The number of aromatic nitrogens is 5. The van der Waals surface area contributed by atoms with Crippen LogP contribution in [0.15, 0.2) is 18.2 Å². The zero-order chi connectivity index (χ0) is 21.4. The van der Waals surface area contributed by atoms with Gasteiger partial charge in [-0.15, -0.1) is 20.4 Å². The zero-order valence-corrected chi connectivity index (χ0v) is 18.3. The molecule has 2 aliphatic rings. The highest BCUT2D eigenvalue weighted by Gasteiger charge is 2.24. The minimum Gasteiger partial charge on any atom is -0.365 e. The third-order valence-electron chi connectivity index (χ3n) is 6.02. The normalized spacial score (nSPS) is 16.8. The summed E-state index contributed by atoms with van der Waals surface area (Å²) in [6.07, 6.45) is 6.01. The first kappa shape index (κ1) is 20.5. The SMILES string of the molecule is Fc1ccc(Cl)c(CN2CCNc3nnc(-c4nnc(C5CCCCC5)[nH]4)cc32)c1Cl. The van der Waals surface area contributed by atoms with Crippen molar-refractivity contribution < 1.29 is 4.39 Å². The van der Waals surface area contributed by atoms with E-state index < -0.39 is 5.82 Å². The first-order valence-electron chi connectivity index (χ1n) is 10.5. The molecule has 0 amide bonds. The molecule has 1 aromatic carbocycles. The maximum absolute atomic E-state index is 14.0. The van der Waals surface area contributed by atoms with Crippen molar-refractivity contribution in [3.05, 3.63) is 45.4 Å². The molecule has 1 aliphatic heterocycles. The number of nitrogens with zero attached hydrogens (tertiary/aromatic N) is 5. The molecule has 0 radical (unpaired) electrons. The molecule has 0 spiro atoms. The average Bonchev–Trinajstić information content (AvgIpc) is 3.30. The van der Waals surface area contributed by atoms with Gasteiger partial charge in [0.1, 0.15) is 17.3 Å². The summed E-state index contributed by atoms with van der Waals surface area (Å²) in [5.74, 6) is 2.12. The third kappa shape index (κ3) is 4.06. The number of nitrogens with one attached hydrogen (secondary N) is 2. The van der Waals surface area contributed by atoms with E-state index in [1.165, 1.54) is 31.4 Å². The van der Waals surface area contributed by atoms with Crippen molar-refractivity contribution in [2.45, 2.75) is 44.6 Å². The smallest absolute Gasteiger partial charge is 0.181 e. The van der Waals surface area contributed by atoms with Crippen LogP contribution < -0.4 is 10.2 Å². The fraction of sp³-hybridized carbons (Fsp3) is 0.429. The standard InChI is InChI=1S/C21H22Cl2FN7/c22-14-6-7-15(24)18(23)13(14)11-31-9-8-25-21-17(31)10-16(27-30-21)20-26-19(28-29-20)12-4-2-1-3-5-12/h6-7,10,12H,1-5,8-9,11H2,(H,25,30)(H,26,28,29). The van der Waals surface area contributed by atoms with Gasteiger partial charge in [0.05, 0.1) is 10.7 Å². The molecule has 0 bridgehead atoms. The van der Waals surface area contributed by atoms with Gasteiger partial charge in [0.25, 0.3) is 0 Å². The summed E-state index contributed by atoms with van der Waals surface area (Å²) in [4.78, 5) is 5.41. The zero-order valence-electron chi connectivity index (χ0n) is 16.8. The number of H-pyrrole nitrogens is 1. The molecule has 3 heterocycles. The molecular formula is C21H22Cl2FN7. The van der Waals surface area contributed by atoms with Gasteiger partial charge in [-0.05, 0) is 31.0 Å². The Kier molecular flexibility index (Phi) is 5.67. The summed E-state index contributed by atoms with van der Waals surface area (Å²) in [5.41, 5.74) is 2.00. The van der Waals surface area contributed by atoms with Crippen LogP contribution in [0.4, 0.5) is 15.9 Å². The molecule has 2 aromatic heterocycles. The van der Waals surface area contributed by atoms with E-state index in [1.807, 2.05) is 6.07 Å². The van der Waals surface area contributed by atoms with E-state index in [0.29, 0.717) is 53.5 Å². The van der Waals surface area contributed by atoms with Gasteiger partial charge >= 0.3 is 0 Å². The molecular weight excluding hydrogens is 440 g/mol. The number of rotatable bonds is 4. The number of halogens is 3. The van der Waals surface area contributed by atoms with Crippen LogP contribution in [0.25, 0.3) is 11.5 Å². The van der Waals surface area contributed by atoms with Crippen LogP contribution in [-0.2, 0) is 6.54 Å². The molecule has 0 unspecified atom stereocenters. The minimum atomic E-state index is -0.484. The van der Waals surface area contributed by atoms with Gasteiger partial charge < -0.3 is 15.2 Å². The molecule has 0 saturated heterocycles. The van der Waals surface area contributed by atoms with E-state index in [0.717, 1.165) is 24.4 Å². The Bertz CT molecular complexity index is 1100. The highest BCUT2D eigenvalue weighted by Crippen LogP contribution is 2.35. The van der Waals surface area contributed by atoms with Crippen molar-refractivity contribution in [2.24, 2.45) is 0 Å². The molecule has 5 rings (SSSR count). The highest BCUT2D eigenvalue weighted by atomic mass is 35.5. The number of aromatic amines is 1. The predicted molar refractivity (Wildman–Crippen MR) is 119 cm³/mol. The van der Waals surface area contributed by atoms with E-state index >= 15 is 0 Å². The first-order valence-corrected chi connectivity index (χ1v) is 11.3. The van der Waals surface area contributed by atoms with Crippen LogP contribution in [-0.4, -0.2) is 38.5 Å². The molecule has 31 heavy (non-hydrogen) atoms. The Morgan fingerprint density at radius 3 is 2.74 bits per heavy atom. The second kappa shape index (κ2) is 8.59. The summed E-state index contributed by atoms with van der Waals surface area (Å²) < 4.78 is 14.0. The lowest BCUT2D eigenvalue weighted by Crippen LogP contribution is -2.34. The van der Waals surface area contributed by atoms with E-state index in [-0.39, 0.29) is 5.02 Å². The first-order chi connectivity index (χ1) is 15.1. The Morgan fingerprint density at radius 1 is 1.06 bits per heavy atom. The van der Waals surface area contributed by atoms with Gasteiger partial charge in [-0.2, -0.15) is 0 Å². The van der Waals surface area contributed by atoms with Gasteiger partial charge in [-0.3, -0.25) is 0 Å². The average molecular weight is 462 g/mol. The lowest BCUT2D eigenvalue weighted by molar-refractivity contribution is 0.429. The number of hydrogen-bond acceptors (Lipinski definition) is 6. The molecule has 1 saturated carbocycles. The number of benzene rings is 1. The van der Waals surface area contributed by atoms with Gasteiger partial charge in [0.15, 0.2) is 11.6 Å². The lowest BCUT2D eigenvalue weighted by atomic mass is 9.89. The fourth-order valence-corrected chi connectivity index (χ4v) is 4.80. The number of hydrogen-bond donors (Lipinski definition) is 2. The van der Waals surface area contributed by atoms with Crippen molar-refractivity contribution in [3.63, 3.8) is 0 Å². The largest absolute Gasteiger partial charge is 0.365 e. The van der Waals surface area contributed by atoms with Crippen LogP contribution in [0.5, 0.6) is 0 Å². The molecule has 1 fully saturated rings. The van der Waals surface area contributed by atoms with Gasteiger partial charge in [0.2, 0.25) is 0 Å². The maximum atomic E-state index is 14.0. The minimum absolute atomic E-state index is 0.0437. The molecule has 1 aliphatic carbocycles. The van der Waals surface area contributed by atoms with E-state index in [2.05, 4.69) is 35.6 Å². The predicted octanol–water partition coefficient (Wildman–Crippen LogP) is 5.19. The van der Waals surface area contributed by atoms with Gasteiger partial charge in [0, 0.05) is 36.1 Å². The molecule has 7 nitrogen and oxygen atoms in total. The van der Waals surface area contributed by atoms with Crippen molar-refractivity contribution >= 4 is 34.7 Å². The summed E-state index contributed by atoms with van der Waals surface area (Å²) in [7, 11) is 0. The fourth-order valence-electron chi connectivity index (χ4n) is 4.31. The summed E-state index contributed by atoms with van der Waals surface area (Å²) in [6, 6.07) is 4.72. The number of anilines is 2. The second-order valence-electron chi connectivity index (χ2n) is 8.03. The van der Waals surface area contributed by atoms with E-state index in [1.54, 1.807) is 0 Å². The maximum Gasteiger partial charge on any atom is 0.181 e. The molecule has 3 aromatic rings. The second-order valence-corrected chi connectivity index (χ2v) is 8.81. The van der Waals surface area contributed by atoms with Crippen LogP contribution in [0.1, 0.15) is 49.4 Å². The monoisotopic (exact) mass is 461 g/mol. The number of fused-ring (bicyclic) bond motifs is 1. The van der Waals surface area contributed by atoms with E-state index in [9.17, 15) is 4.39 Å². The van der Waals surface area contributed by atoms with Crippen LogP contribution in [0.3, 0.4) is 0 Å². The van der Waals surface area contributed by atoms with Gasteiger partial charge in [-0.1, -0.05) is 42.5 Å². The summed E-state index contributed by atoms with van der Waals surface area (Å²) in [5, 5.41) is 21.1. The van der Waals surface area contributed by atoms with Crippen LogP contribution in [0.2, 0.25) is 10.0 Å². The highest BCUT2D eigenvalue weighted by molar-refractivity contribution is 6.36. The Labute approximate surface area is 189 Å². The molecule has 2 N–H and O–H groups in total. The molecule has 162 valence electrons. The lowest BCUT2D eigenvalue weighted by Gasteiger charge is -2.31. The molecule has 0 atom stereocenters. The summed E-state index contributed by atoms with van der Waals surface area (Å²) in [6.45, 7) is 1.73. The third-order valence-corrected chi connectivity index (χ3v) is 6.78. The quantitative estimate of drug-likeness (QED) is 0.520. The van der Waals surface area contributed by atoms with Crippen molar-refractivity contribution in [3.8, 4) is 11.5 Å². The Balaban J connectivity index is 1.44. The van der Waals surface area contributed by atoms with Crippen LogP contribution in [0, 0.1) is 5.82 Å². The Hall–Kier alpha value is -2.45. The Morgan fingerprint density at radius 2 is 1.90 bits per heavy atom. The van der Waals surface area contributed by atoms with Crippen molar-refractivity contribution in [1.29, 1.82) is 0 Å². The van der Waals surface area contributed by atoms with Gasteiger partial charge in [-0.25, -0.2) is 4.39 Å². The van der Waals surface area contributed by atoms with Crippen molar-refractivity contribution in [2.75, 3.05) is 23.3 Å². The molecule has 10 heteroatoms. The van der Waals surface area contributed by atoms with Crippen molar-refractivity contribution in [1.82, 2.24) is 25.4 Å². The van der Waals surface area contributed by atoms with Crippen LogP contribution >= 0.6 is 23.2 Å². The van der Waals surface area contributed by atoms with E-state index in [4.69, 9.17) is 23.2 Å².